The molecule has 0 aliphatic carbocycles. The van der Waals surface area contributed by atoms with Crippen LogP contribution < -0.4 is 5.32 Å². The molecule has 0 amide bonds. The molecular weight excluding hydrogens is 490 g/mol. The van der Waals surface area contributed by atoms with Gasteiger partial charge in [-0.3, -0.25) is 24.0 Å². The van der Waals surface area contributed by atoms with Crippen molar-refractivity contribution in [2.45, 2.75) is 83.8 Å². The highest BCUT2D eigenvalue weighted by molar-refractivity contribution is 5.72. The Morgan fingerprint density at radius 3 is 1.92 bits per heavy atom. The first-order valence-electron chi connectivity index (χ1n) is 12.8. The van der Waals surface area contributed by atoms with Crippen molar-refractivity contribution in [3.05, 3.63) is 0 Å². The van der Waals surface area contributed by atoms with Gasteiger partial charge in [0.15, 0.2) is 12.2 Å². The lowest BCUT2D eigenvalue weighted by molar-refractivity contribution is -0.165. The molecule has 0 heterocycles. The van der Waals surface area contributed by atoms with Crippen molar-refractivity contribution in [1.29, 1.82) is 0 Å². The van der Waals surface area contributed by atoms with E-state index in [0.29, 0.717) is 25.9 Å². The standard InChI is InChI=1S/C25H43NO11/c1-3-4-5-6-9-20(2)25(32)35-17-22(16-34-19-29)37-24(31)11-8-13-26-12-7-10-23(30)36-21(14-27)15-33-18-28/h18-22,26-27H,3-17H2,1-2H3. The second-order valence-electron chi connectivity index (χ2n) is 8.60. The smallest absolute Gasteiger partial charge is 0.308 e. The average molecular weight is 534 g/mol. The zero-order valence-electron chi connectivity index (χ0n) is 22.0. The van der Waals surface area contributed by atoms with Crippen molar-refractivity contribution in [2.75, 3.05) is 39.5 Å². The van der Waals surface area contributed by atoms with E-state index in [1.165, 1.54) is 0 Å². The van der Waals surface area contributed by atoms with Crippen LogP contribution in [0.15, 0.2) is 0 Å². The van der Waals surface area contributed by atoms with Crippen LogP contribution in [-0.4, -0.2) is 87.7 Å². The van der Waals surface area contributed by atoms with Crippen molar-refractivity contribution in [3.8, 4) is 0 Å². The lowest BCUT2D eigenvalue weighted by atomic mass is 10.0. The SMILES string of the molecule is CCCCCCC(C)C(=O)OCC(COC=O)OC(=O)CCCNCCCC(=O)OC(CO)COC=O. The van der Waals surface area contributed by atoms with Crippen LogP contribution in [0.3, 0.4) is 0 Å². The van der Waals surface area contributed by atoms with Gasteiger partial charge in [-0.05, 0) is 32.4 Å². The van der Waals surface area contributed by atoms with Gasteiger partial charge in [-0.2, -0.15) is 0 Å². The molecule has 12 heteroatoms. The van der Waals surface area contributed by atoms with Gasteiger partial charge in [-0.25, -0.2) is 0 Å². The quantitative estimate of drug-likeness (QED) is 0.0752. The maximum atomic E-state index is 12.2. The summed E-state index contributed by atoms with van der Waals surface area (Å²) < 4.78 is 24.7. The Hall–Kier alpha value is -2.73. The summed E-state index contributed by atoms with van der Waals surface area (Å²) in [5.41, 5.74) is 0. The van der Waals surface area contributed by atoms with E-state index in [9.17, 15) is 24.0 Å². The Kier molecular flexibility index (Phi) is 21.9. The van der Waals surface area contributed by atoms with Gasteiger partial charge >= 0.3 is 17.9 Å². The van der Waals surface area contributed by atoms with E-state index in [1.807, 2.05) is 0 Å². The fourth-order valence-corrected chi connectivity index (χ4v) is 3.18. The van der Waals surface area contributed by atoms with Crippen LogP contribution in [0.2, 0.25) is 0 Å². The molecule has 0 radical (unpaired) electrons. The second-order valence-corrected chi connectivity index (χ2v) is 8.60. The number of carbonyl (C=O) groups is 5. The van der Waals surface area contributed by atoms with Gasteiger partial charge in [0.1, 0.15) is 19.8 Å². The number of ether oxygens (including phenoxy) is 5. The molecule has 0 rings (SSSR count). The van der Waals surface area contributed by atoms with Gasteiger partial charge in [0.2, 0.25) is 0 Å². The first kappa shape index (κ1) is 34.3. The number of aliphatic hydroxyl groups excluding tert-OH is 1. The molecule has 2 N–H and O–H groups in total. The van der Waals surface area contributed by atoms with E-state index in [-0.39, 0.29) is 57.5 Å². The monoisotopic (exact) mass is 533 g/mol. The number of rotatable bonds is 25. The van der Waals surface area contributed by atoms with Crippen LogP contribution >= 0.6 is 0 Å². The molecule has 3 unspecified atom stereocenters. The number of esters is 3. The largest absolute Gasteiger partial charge is 0.464 e. The third-order valence-corrected chi connectivity index (χ3v) is 5.27. The summed E-state index contributed by atoms with van der Waals surface area (Å²) in [7, 11) is 0. The van der Waals surface area contributed by atoms with Gasteiger partial charge < -0.3 is 34.1 Å². The van der Waals surface area contributed by atoms with Crippen LogP contribution in [0.25, 0.3) is 0 Å². The molecule has 12 nitrogen and oxygen atoms in total. The van der Waals surface area contributed by atoms with Crippen LogP contribution in [0.4, 0.5) is 0 Å². The molecule has 0 spiro atoms. The van der Waals surface area contributed by atoms with Gasteiger partial charge in [-0.15, -0.1) is 0 Å². The lowest BCUT2D eigenvalue weighted by Gasteiger charge is -2.18. The highest BCUT2D eigenvalue weighted by Crippen LogP contribution is 2.12. The minimum Gasteiger partial charge on any atom is -0.464 e. The Bertz CT molecular complexity index is 644. The minimum absolute atomic E-state index is 0.101. The van der Waals surface area contributed by atoms with Crippen LogP contribution in [0.1, 0.15) is 71.6 Å². The summed E-state index contributed by atoms with van der Waals surface area (Å²) in [6, 6.07) is 0. The summed E-state index contributed by atoms with van der Waals surface area (Å²) in [5.74, 6) is -1.67. The van der Waals surface area contributed by atoms with Crippen molar-refractivity contribution in [3.63, 3.8) is 0 Å². The summed E-state index contributed by atoms with van der Waals surface area (Å²) in [6.45, 7) is 4.31. The van der Waals surface area contributed by atoms with Crippen molar-refractivity contribution in [2.24, 2.45) is 5.92 Å². The Labute approximate surface area is 218 Å². The topological polar surface area (TPSA) is 164 Å². The Morgan fingerprint density at radius 2 is 1.38 bits per heavy atom. The minimum atomic E-state index is -0.889. The van der Waals surface area contributed by atoms with Gasteiger partial charge in [0, 0.05) is 12.8 Å². The highest BCUT2D eigenvalue weighted by atomic mass is 16.6. The van der Waals surface area contributed by atoms with E-state index >= 15 is 0 Å². The molecule has 37 heavy (non-hydrogen) atoms. The van der Waals surface area contributed by atoms with Crippen LogP contribution in [-0.2, 0) is 47.7 Å². The number of aliphatic hydroxyl groups is 1. The normalized spacial score (nSPS) is 13.1. The Morgan fingerprint density at radius 1 is 0.811 bits per heavy atom. The number of hydrogen-bond donors (Lipinski definition) is 2. The second kappa shape index (κ2) is 23.7. The molecular formula is C25H43NO11. The molecule has 0 saturated heterocycles. The summed E-state index contributed by atoms with van der Waals surface area (Å²) in [4.78, 5) is 56.7. The molecule has 0 aliphatic rings. The van der Waals surface area contributed by atoms with E-state index in [1.54, 1.807) is 6.92 Å². The van der Waals surface area contributed by atoms with E-state index in [0.717, 1.165) is 32.1 Å². The molecule has 0 saturated carbocycles. The number of hydrogen-bond acceptors (Lipinski definition) is 12. The Balaban J connectivity index is 4.10. The third-order valence-electron chi connectivity index (χ3n) is 5.27. The van der Waals surface area contributed by atoms with Crippen LogP contribution in [0.5, 0.6) is 0 Å². The molecule has 0 aromatic carbocycles. The number of unbranched alkanes of at least 4 members (excludes halogenated alkanes) is 3. The summed E-state index contributed by atoms with van der Waals surface area (Å²) in [6.07, 6.45) is 4.35. The highest BCUT2D eigenvalue weighted by Gasteiger charge is 2.20. The molecule has 0 aromatic heterocycles. The molecule has 3 atom stereocenters. The first-order valence-corrected chi connectivity index (χ1v) is 12.8. The zero-order valence-corrected chi connectivity index (χ0v) is 22.0. The maximum Gasteiger partial charge on any atom is 0.308 e. The van der Waals surface area contributed by atoms with Crippen molar-refractivity contribution in [1.82, 2.24) is 5.32 Å². The zero-order chi connectivity index (χ0) is 27.7. The van der Waals surface area contributed by atoms with Gasteiger partial charge in [-0.1, -0.05) is 39.5 Å². The molecule has 0 fully saturated rings. The van der Waals surface area contributed by atoms with Crippen molar-refractivity contribution < 1.29 is 52.8 Å². The molecule has 0 aliphatic heterocycles. The van der Waals surface area contributed by atoms with E-state index in [2.05, 4.69) is 21.7 Å². The fourth-order valence-electron chi connectivity index (χ4n) is 3.18. The maximum absolute atomic E-state index is 12.2. The summed E-state index contributed by atoms with van der Waals surface area (Å²) >= 11 is 0. The van der Waals surface area contributed by atoms with Gasteiger partial charge in [0.25, 0.3) is 12.9 Å². The van der Waals surface area contributed by atoms with Crippen LogP contribution in [0, 0.1) is 5.92 Å². The molecule has 0 bridgehead atoms. The average Bonchev–Trinajstić information content (AvgIpc) is 2.89. The molecule has 0 aromatic rings. The van der Waals surface area contributed by atoms with Gasteiger partial charge in [0.05, 0.1) is 12.5 Å². The van der Waals surface area contributed by atoms with E-state index < -0.39 is 30.8 Å². The summed E-state index contributed by atoms with van der Waals surface area (Å²) in [5, 5.41) is 12.2. The number of nitrogens with one attached hydrogen (secondary N) is 1. The van der Waals surface area contributed by atoms with Crippen molar-refractivity contribution >= 4 is 30.9 Å². The first-order chi connectivity index (χ1) is 17.9. The fraction of sp³-hybridized carbons (Fsp3) is 0.800. The van der Waals surface area contributed by atoms with E-state index in [4.69, 9.17) is 19.3 Å². The predicted molar refractivity (Wildman–Crippen MR) is 131 cm³/mol. The molecule has 214 valence electrons. The lowest BCUT2D eigenvalue weighted by Crippen LogP contribution is -2.31. The number of carbonyl (C=O) groups excluding carboxylic acids is 5. The predicted octanol–water partition coefficient (Wildman–Crippen LogP) is 1.45. The third kappa shape index (κ3) is 20.1.